The fourth-order valence-corrected chi connectivity index (χ4v) is 4.58. The van der Waals surface area contributed by atoms with Gasteiger partial charge in [-0.3, -0.25) is 0 Å². The molecule has 1 aliphatic rings. The van der Waals surface area contributed by atoms with Crippen LogP contribution in [0.1, 0.15) is 30.9 Å². The van der Waals surface area contributed by atoms with E-state index in [9.17, 15) is 14.3 Å². The summed E-state index contributed by atoms with van der Waals surface area (Å²) in [6.07, 6.45) is 1.05. The van der Waals surface area contributed by atoms with Crippen LogP contribution in [0.25, 0.3) is 11.1 Å². The second-order valence-electron chi connectivity index (χ2n) is 8.18. The number of likely N-dealkylation sites (tertiary alicyclic amines) is 1. The standard InChI is InChI=1S/C27H28FNO3/c1-2-32-26(30)29-18-16-24(17-19-29)27(31,22-6-4-3-5-7-22)23-12-8-20(9-13-23)21-10-14-25(28)15-11-21/h3-15,24,31H,2,16-19H2,1H3. The number of halogens is 1. The monoisotopic (exact) mass is 433 g/mol. The molecule has 0 bridgehead atoms. The van der Waals surface area contributed by atoms with Crippen LogP contribution < -0.4 is 0 Å². The molecule has 4 rings (SSSR count). The predicted octanol–water partition coefficient (Wildman–Crippen LogP) is 5.60. The average Bonchev–Trinajstić information content (AvgIpc) is 2.85. The first-order chi connectivity index (χ1) is 15.5. The van der Waals surface area contributed by atoms with E-state index in [1.165, 1.54) is 12.1 Å². The van der Waals surface area contributed by atoms with Crippen LogP contribution in [0.2, 0.25) is 0 Å². The van der Waals surface area contributed by atoms with Crippen LogP contribution in [0, 0.1) is 11.7 Å². The van der Waals surface area contributed by atoms with Gasteiger partial charge in [-0.15, -0.1) is 0 Å². The van der Waals surface area contributed by atoms with Crippen molar-refractivity contribution in [1.82, 2.24) is 4.90 Å². The highest BCUT2D eigenvalue weighted by Gasteiger charge is 2.42. The van der Waals surface area contributed by atoms with Crippen molar-refractivity contribution >= 4 is 6.09 Å². The van der Waals surface area contributed by atoms with Crippen LogP contribution >= 0.6 is 0 Å². The highest BCUT2D eigenvalue weighted by atomic mass is 19.1. The zero-order chi connectivity index (χ0) is 22.6. The van der Waals surface area contributed by atoms with Crippen LogP contribution in [0.4, 0.5) is 9.18 Å². The number of benzene rings is 3. The van der Waals surface area contributed by atoms with E-state index in [0.717, 1.165) is 22.3 Å². The minimum absolute atomic E-state index is 0.0488. The molecule has 1 saturated heterocycles. The maximum absolute atomic E-state index is 13.3. The van der Waals surface area contributed by atoms with Gasteiger partial charge in [-0.2, -0.15) is 0 Å². The Labute approximate surface area is 188 Å². The molecular formula is C27H28FNO3. The van der Waals surface area contributed by atoms with E-state index in [1.807, 2.05) is 54.6 Å². The quantitative estimate of drug-likeness (QED) is 0.570. The Morgan fingerprint density at radius 2 is 1.47 bits per heavy atom. The van der Waals surface area contributed by atoms with Gasteiger partial charge in [-0.25, -0.2) is 9.18 Å². The van der Waals surface area contributed by atoms with Crippen LogP contribution in [0.15, 0.2) is 78.9 Å². The van der Waals surface area contributed by atoms with Gasteiger partial charge in [0.15, 0.2) is 0 Å². The zero-order valence-electron chi connectivity index (χ0n) is 18.2. The van der Waals surface area contributed by atoms with E-state index in [2.05, 4.69) is 0 Å². The molecule has 5 heteroatoms. The number of nitrogens with zero attached hydrogens (tertiary/aromatic N) is 1. The molecule has 1 heterocycles. The number of rotatable bonds is 5. The molecule has 0 spiro atoms. The molecule has 0 aromatic heterocycles. The van der Waals surface area contributed by atoms with Gasteiger partial charge < -0.3 is 14.7 Å². The third-order valence-electron chi connectivity index (χ3n) is 6.33. The normalized spacial score (nSPS) is 16.4. The lowest BCUT2D eigenvalue weighted by molar-refractivity contribution is -0.0141. The lowest BCUT2D eigenvalue weighted by Crippen LogP contribution is -2.46. The van der Waals surface area contributed by atoms with Crippen molar-refractivity contribution in [2.45, 2.75) is 25.4 Å². The summed E-state index contributed by atoms with van der Waals surface area (Å²) in [4.78, 5) is 13.8. The summed E-state index contributed by atoms with van der Waals surface area (Å²) in [6, 6.07) is 23.9. The molecule has 0 saturated carbocycles. The topological polar surface area (TPSA) is 49.8 Å². The second kappa shape index (κ2) is 9.53. The third kappa shape index (κ3) is 4.39. The summed E-state index contributed by atoms with van der Waals surface area (Å²) in [5.74, 6) is -0.315. The highest BCUT2D eigenvalue weighted by Crippen LogP contribution is 2.42. The molecule has 1 fully saturated rings. The molecule has 166 valence electrons. The Bertz CT molecular complexity index is 1030. The van der Waals surface area contributed by atoms with Crippen molar-refractivity contribution in [3.05, 3.63) is 95.8 Å². The first-order valence-corrected chi connectivity index (χ1v) is 11.1. The minimum Gasteiger partial charge on any atom is -0.450 e. The van der Waals surface area contributed by atoms with Gasteiger partial charge in [0.1, 0.15) is 11.4 Å². The highest BCUT2D eigenvalue weighted by molar-refractivity contribution is 5.67. The van der Waals surface area contributed by atoms with Gasteiger partial charge in [0.2, 0.25) is 0 Å². The molecule has 0 aliphatic carbocycles. The Balaban J connectivity index is 1.63. The molecule has 32 heavy (non-hydrogen) atoms. The molecule has 4 nitrogen and oxygen atoms in total. The van der Waals surface area contributed by atoms with E-state index < -0.39 is 5.60 Å². The first kappa shape index (κ1) is 22.0. The van der Waals surface area contributed by atoms with E-state index in [0.29, 0.717) is 32.5 Å². The molecule has 1 aliphatic heterocycles. The van der Waals surface area contributed by atoms with E-state index >= 15 is 0 Å². The van der Waals surface area contributed by atoms with Crippen LogP contribution in [0.3, 0.4) is 0 Å². The minimum atomic E-state index is -1.18. The van der Waals surface area contributed by atoms with Crippen LogP contribution in [0.5, 0.6) is 0 Å². The predicted molar refractivity (Wildman–Crippen MR) is 123 cm³/mol. The number of hydrogen-bond acceptors (Lipinski definition) is 3. The summed E-state index contributed by atoms with van der Waals surface area (Å²) in [5, 5.41) is 12.1. The molecular weight excluding hydrogens is 405 g/mol. The first-order valence-electron chi connectivity index (χ1n) is 11.1. The van der Waals surface area contributed by atoms with Crippen molar-refractivity contribution in [2.24, 2.45) is 5.92 Å². The van der Waals surface area contributed by atoms with Gasteiger partial charge in [0.05, 0.1) is 6.61 Å². The lowest BCUT2D eigenvalue weighted by atomic mass is 9.72. The number of hydrogen-bond donors (Lipinski definition) is 1. The Hall–Kier alpha value is -3.18. The Kier molecular flexibility index (Phi) is 6.56. The molecule has 0 radical (unpaired) electrons. The summed E-state index contributed by atoms with van der Waals surface area (Å²) < 4.78 is 18.4. The summed E-state index contributed by atoms with van der Waals surface area (Å²) >= 11 is 0. The maximum atomic E-state index is 13.3. The van der Waals surface area contributed by atoms with Crippen molar-refractivity contribution < 1.29 is 19.0 Å². The summed E-state index contributed by atoms with van der Waals surface area (Å²) in [7, 11) is 0. The SMILES string of the molecule is CCOC(=O)N1CCC(C(O)(c2ccccc2)c2ccc(-c3ccc(F)cc3)cc2)CC1. The van der Waals surface area contributed by atoms with Crippen LogP contribution in [-0.4, -0.2) is 35.8 Å². The Morgan fingerprint density at radius 1 is 0.938 bits per heavy atom. The number of piperidine rings is 1. The average molecular weight is 434 g/mol. The number of aliphatic hydroxyl groups is 1. The van der Waals surface area contributed by atoms with Crippen molar-refractivity contribution in [1.29, 1.82) is 0 Å². The van der Waals surface area contributed by atoms with Crippen LogP contribution in [-0.2, 0) is 10.3 Å². The second-order valence-corrected chi connectivity index (χ2v) is 8.18. The largest absolute Gasteiger partial charge is 0.450 e. The number of carbonyl (C=O) groups is 1. The summed E-state index contributed by atoms with van der Waals surface area (Å²) in [6.45, 7) is 3.25. The summed E-state index contributed by atoms with van der Waals surface area (Å²) in [5.41, 5.74) is 2.35. The smallest absolute Gasteiger partial charge is 0.409 e. The lowest BCUT2D eigenvalue weighted by Gasteiger charge is -2.42. The fraction of sp³-hybridized carbons (Fsp3) is 0.296. The fourth-order valence-electron chi connectivity index (χ4n) is 4.58. The zero-order valence-corrected chi connectivity index (χ0v) is 18.2. The molecule has 1 N–H and O–H groups in total. The molecule has 1 unspecified atom stereocenters. The molecule has 3 aromatic rings. The number of carbonyl (C=O) groups excluding carboxylic acids is 1. The van der Waals surface area contributed by atoms with Gasteiger partial charge in [-0.1, -0.05) is 66.7 Å². The molecule has 1 amide bonds. The van der Waals surface area contributed by atoms with E-state index in [4.69, 9.17) is 4.74 Å². The van der Waals surface area contributed by atoms with Gasteiger partial charge in [0, 0.05) is 13.1 Å². The maximum Gasteiger partial charge on any atom is 0.409 e. The van der Waals surface area contributed by atoms with Crippen molar-refractivity contribution in [3.8, 4) is 11.1 Å². The number of amides is 1. The van der Waals surface area contributed by atoms with Crippen molar-refractivity contribution in [2.75, 3.05) is 19.7 Å². The molecule has 3 aromatic carbocycles. The van der Waals surface area contributed by atoms with Gasteiger partial charge in [0.25, 0.3) is 0 Å². The van der Waals surface area contributed by atoms with Gasteiger partial charge >= 0.3 is 6.09 Å². The molecule has 1 atom stereocenters. The van der Waals surface area contributed by atoms with E-state index in [-0.39, 0.29) is 17.8 Å². The van der Waals surface area contributed by atoms with Gasteiger partial charge in [-0.05, 0) is 60.1 Å². The number of ether oxygens (including phenoxy) is 1. The Morgan fingerprint density at radius 3 is 2.03 bits per heavy atom. The van der Waals surface area contributed by atoms with E-state index in [1.54, 1.807) is 24.0 Å². The third-order valence-corrected chi connectivity index (χ3v) is 6.33. The van der Waals surface area contributed by atoms with Crippen molar-refractivity contribution in [3.63, 3.8) is 0 Å².